The number of para-hydroxylation sites is 2. The number of amides is 2. The van der Waals surface area contributed by atoms with Gasteiger partial charge in [-0.2, -0.15) is 0 Å². The molecule has 0 bridgehead atoms. The molecule has 0 aliphatic carbocycles. The van der Waals surface area contributed by atoms with Crippen LogP contribution in [0.3, 0.4) is 0 Å². The van der Waals surface area contributed by atoms with Crippen LogP contribution in [-0.2, 0) is 0 Å². The molecule has 0 heterocycles. The zero-order valence-corrected chi connectivity index (χ0v) is 13.9. The number of rotatable bonds is 4. The summed E-state index contributed by atoms with van der Waals surface area (Å²) in [5.41, 5.74) is 27.1. The third-order valence-corrected chi connectivity index (χ3v) is 4.25. The van der Waals surface area contributed by atoms with Gasteiger partial charge in [-0.3, -0.25) is 9.59 Å². The van der Waals surface area contributed by atoms with Crippen LogP contribution >= 0.6 is 0 Å². The van der Waals surface area contributed by atoms with E-state index in [1.165, 1.54) is 0 Å². The topological polar surface area (TPSA) is 138 Å². The minimum atomic E-state index is -0.600. The average molecular weight is 346 g/mol. The number of carbonyl (C=O) groups is 2. The Balaban J connectivity index is 2.27. The fourth-order valence-corrected chi connectivity index (χ4v) is 2.98. The van der Waals surface area contributed by atoms with Gasteiger partial charge >= 0.3 is 0 Å². The van der Waals surface area contributed by atoms with Gasteiger partial charge in [-0.15, -0.1) is 0 Å². The van der Waals surface area contributed by atoms with Crippen molar-refractivity contribution >= 4 is 23.2 Å². The summed E-state index contributed by atoms with van der Waals surface area (Å²) in [6.45, 7) is 0. The molecule has 6 nitrogen and oxygen atoms in total. The van der Waals surface area contributed by atoms with Gasteiger partial charge in [0.05, 0.1) is 22.5 Å². The predicted molar refractivity (Wildman–Crippen MR) is 103 cm³/mol. The van der Waals surface area contributed by atoms with E-state index in [4.69, 9.17) is 22.9 Å². The summed E-state index contributed by atoms with van der Waals surface area (Å²) >= 11 is 0. The molecule has 0 aliphatic rings. The average Bonchev–Trinajstić information content (AvgIpc) is 2.62. The second-order valence-electron chi connectivity index (χ2n) is 5.81. The Hall–Kier alpha value is -3.80. The number of nitrogen functional groups attached to an aromatic ring is 2. The highest BCUT2D eigenvalue weighted by atomic mass is 16.1. The molecule has 0 radical (unpaired) electrons. The van der Waals surface area contributed by atoms with E-state index in [9.17, 15) is 9.59 Å². The van der Waals surface area contributed by atoms with Gasteiger partial charge in [0.15, 0.2) is 0 Å². The smallest absolute Gasteiger partial charge is 0.250 e. The van der Waals surface area contributed by atoms with Crippen LogP contribution in [0.15, 0.2) is 60.7 Å². The molecule has 2 amide bonds. The Morgan fingerprint density at radius 2 is 0.885 bits per heavy atom. The monoisotopic (exact) mass is 346 g/mol. The first-order valence-corrected chi connectivity index (χ1v) is 7.88. The predicted octanol–water partition coefficient (Wildman–Crippen LogP) is 2.38. The van der Waals surface area contributed by atoms with Crippen LogP contribution in [0.2, 0.25) is 0 Å². The number of anilines is 2. The number of hydrogen-bond donors (Lipinski definition) is 4. The van der Waals surface area contributed by atoms with Crippen molar-refractivity contribution in [3.63, 3.8) is 0 Å². The summed E-state index contributed by atoms with van der Waals surface area (Å²) < 4.78 is 0. The fourth-order valence-electron chi connectivity index (χ4n) is 2.98. The van der Waals surface area contributed by atoms with Crippen molar-refractivity contribution in [1.82, 2.24) is 0 Å². The third-order valence-electron chi connectivity index (χ3n) is 4.25. The Morgan fingerprint density at radius 3 is 1.23 bits per heavy atom. The molecule has 3 aromatic rings. The normalized spacial score (nSPS) is 10.5. The van der Waals surface area contributed by atoms with Gasteiger partial charge in [0.1, 0.15) is 0 Å². The van der Waals surface area contributed by atoms with Crippen LogP contribution in [-0.4, -0.2) is 11.8 Å². The van der Waals surface area contributed by atoms with Crippen LogP contribution in [0.5, 0.6) is 0 Å². The van der Waals surface area contributed by atoms with E-state index in [0.29, 0.717) is 11.1 Å². The molecule has 26 heavy (non-hydrogen) atoms. The lowest BCUT2D eigenvalue weighted by atomic mass is 9.90. The van der Waals surface area contributed by atoms with Gasteiger partial charge in [-0.05, 0) is 23.3 Å². The summed E-state index contributed by atoms with van der Waals surface area (Å²) in [6, 6.07) is 17.6. The SMILES string of the molecule is NC(=O)c1cccc(-c2ccccc2-c2cccc(C(N)=O)c2N)c1N. The molecule has 130 valence electrons. The summed E-state index contributed by atoms with van der Waals surface area (Å²) in [4.78, 5) is 23.2. The van der Waals surface area contributed by atoms with Crippen LogP contribution in [0.4, 0.5) is 11.4 Å². The van der Waals surface area contributed by atoms with E-state index >= 15 is 0 Å². The van der Waals surface area contributed by atoms with E-state index in [1.807, 2.05) is 24.3 Å². The second-order valence-corrected chi connectivity index (χ2v) is 5.81. The maximum atomic E-state index is 11.6. The lowest BCUT2D eigenvalue weighted by molar-refractivity contribution is 0.0992. The molecule has 8 N–H and O–H groups in total. The quantitative estimate of drug-likeness (QED) is 0.539. The molecule has 0 spiro atoms. The molecule has 6 heteroatoms. The van der Waals surface area contributed by atoms with Gasteiger partial charge < -0.3 is 22.9 Å². The molecule has 0 aromatic heterocycles. The Bertz CT molecular complexity index is 946. The molecular weight excluding hydrogens is 328 g/mol. The molecule has 0 atom stereocenters. The Labute approximate surface area is 150 Å². The van der Waals surface area contributed by atoms with E-state index in [1.54, 1.807) is 36.4 Å². The molecule has 0 saturated carbocycles. The molecular formula is C20H18N4O2. The summed E-state index contributed by atoms with van der Waals surface area (Å²) in [5.74, 6) is -1.20. The zero-order chi connectivity index (χ0) is 18.8. The van der Waals surface area contributed by atoms with Gasteiger partial charge in [0, 0.05) is 11.1 Å². The highest BCUT2D eigenvalue weighted by Crippen LogP contribution is 2.39. The largest absolute Gasteiger partial charge is 0.398 e. The van der Waals surface area contributed by atoms with E-state index in [0.717, 1.165) is 11.1 Å². The number of nitrogens with two attached hydrogens (primary N) is 4. The first-order valence-electron chi connectivity index (χ1n) is 7.88. The standard InChI is InChI=1S/C20H18N4O2/c21-17-13(7-3-9-15(17)19(23)25)11-5-1-2-6-12(11)14-8-4-10-16(18(14)22)20(24)26/h1-10H,21-22H2,(H2,23,25)(H2,24,26). The van der Waals surface area contributed by atoms with Crippen molar-refractivity contribution in [2.24, 2.45) is 11.5 Å². The first kappa shape index (κ1) is 17.0. The van der Waals surface area contributed by atoms with Crippen LogP contribution in [0.25, 0.3) is 22.3 Å². The minimum absolute atomic E-state index is 0.246. The fraction of sp³-hybridized carbons (Fsp3) is 0. The maximum absolute atomic E-state index is 11.6. The van der Waals surface area contributed by atoms with Crippen LogP contribution in [0.1, 0.15) is 20.7 Å². The first-order chi connectivity index (χ1) is 12.4. The number of carbonyl (C=O) groups excluding carboxylic acids is 2. The van der Waals surface area contributed by atoms with E-state index in [2.05, 4.69) is 0 Å². The Morgan fingerprint density at radius 1 is 0.538 bits per heavy atom. The van der Waals surface area contributed by atoms with Crippen LogP contribution < -0.4 is 22.9 Å². The number of hydrogen-bond acceptors (Lipinski definition) is 4. The van der Waals surface area contributed by atoms with Crippen LogP contribution in [0, 0.1) is 0 Å². The Kier molecular flexibility index (Phi) is 4.33. The number of primary amides is 2. The molecule has 0 aliphatic heterocycles. The van der Waals surface area contributed by atoms with Crippen molar-refractivity contribution in [2.75, 3.05) is 11.5 Å². The summed E-state index contributed by atoms with van der Waals surface area (Å²) in [7, 11) is 0. The van der Waals surface area contributed by atoms with E-state index < -0.39 is 11.8 Å². The summed E-state index contributed by atoms with van der Waals surface area (Å²) in [6.07, 6.45) is 0. The molecule has 0 fully saturated rings. The number of benzene rings is 3. The van der Waals surface area contributed by atoms with E-state index in [-0.39, 0.29) is 22.5 Å². The molecule has 0 unspecified atom stereocenters. The van der Waals surface area contributed by atoms with Crippen molar-refractivity contribution in [1.29, 1.82) is 0 Å². The van der Waals surface area contributed by atoms with Gasteiger partial charge in [-0.25, -0.2) is 0 Å². The lowest BCUT2D eigenvalue weighted by Crippen LogP contribution is -2.14. The van der Waals surface area contributed by atoms with Crippen molar-refractivity contribution in [3.05, 3.63) is 71.8 Å². The molecule has 3 aromatic carbocycles. The lowest BCUT2D eigenvalue weighted by Gasteiger charge is -2.16. The van der Waals surface area contributed by atoms with Gasteiger partial charge in [0.25, 0.3) is 11.8 Å². The maximum Gasteiger partial charge on any atom is 0.250 e. The highest BCUT2D eigenvalue weighted by Gasteiger charge is 2.17. The highest BCUT2D eigenvalue weighted by molar-refractivity contribution is 6.05. The van der Waals surface area contributed by atoms with Gasteiger partial charge in [-0.1, -0.05) is 48.5 Å². The summed E-state index contributed by atoms with van der Waals surface area (Å²) in [5, 5.41) is 0. The minimum Gasteiger partial charge on any atom is -0.398 e. The van der Waals surface area contributed by atoms with Crippen molar-refractivity contribution in [3.8, 4) is 22.3 Å². The van der Waals surface area contributed by atoms with Gasteiger partial charge in [0.2, 0.25) is 0 Å². The zero-order valence-electron chi connectivity index (χ0n) is 13.9. The molecule has 3 rings (SSSR count). The third kappa shape index (κ3) is 2.84. The van der Waals surface area contributed by atoms with Crippen molar-refractivity contribution < 1.29 is 9.59 Å². The molecule has 0 saturated heterocycles. The van der Waals surface area contributed by atoms with Crippen molar-refractivity contribution in [2.45, 2.75) is 0 Å². The second kappa shape index (κ2) is 6.60.